The molecule has 2 aromatic heterocycles. The molecule has 2 N–H and O–H groups in total. The fourth-order valence-electron chi connectivity index (χ4n) is 2.00. The molecule has 0 saturated heterocycles. The van der Waals surface area contributed by atoms with E-state index in [0.29, 0.717) is 27.7 Å². The summed E-state index contributed by atoms with van der Waals surface area (Å²) in [6.07, 6.45) is 3.72. The first-order chi connectivity index (χ1) is 10.6. The van der Waals surface area contributed by atoms with Crippen molar-refractivity contribution >= 4 is 23.2 Å². The zero-order valence-electron chi connectivity index (χ0n) is 12.2. The zero-order chi connectivity index (χ0) is 15.7. The highest BCUT2D eigenvalue weighted by atomic mass is 32.1. The molecule has 2 aromatic rings. The average molecular weight is 317 g/mol. The van der Waals surface area contributed by atoms with Gasteiger partial charge < -0.3 is 0 Å². The zero-order valence-corrected chi connectivity index (χ0v) is 13.0. The molecule has 1 saturated carbocycles. The summed E-state index contributed by atoms with van der Waals surface area (Å²) in [5, 5.41) is 0. The Bertz CT molecular complexity index is 739. The smallest absolute Gasteiger partial charge is 0.267 e. The summed E-state index contributed by atoms with van der Waals surface area (Å²) in [5.74, 6) is 0.403. The van der Waals surface area contributed by atoms with Crippen LogP contribution in [0.5, 0.6) is 0 Å². The normalized spacial score (nSPS) is 13.7. The van der Waals surface area contributed by atoms with Gasteiger partial charge in [-0.25, -0.2) is 15.0 Å². The minimum absolute atomic E-state index is 0.353. The van der Waals surface area contributed by atoms with Crippen LogP contribution in [0.3, 0.4) is 0 Å². The van der Waals surface area contributed by atoms with Gasteiger partial charge in [0.05, 0.1) is 22.5 Å². The Morgan fingerprint density at radius 2 is 1.86 bits per heavy atom. The van der Waals surface area contributed by atoms with E-state index in [1.165, 1.54) is 17.5 Å². The van der Waals surface area contributed by atoms with Crippen LogP contribution >= 0.6 is 11.3 Å². The number of thiazole rings is 1. The van der Waals surface area contributed by atoms with Crippen LogP contribution in [0, 0.1) is 13.8 Å². The van der Waals surface area contributed by atoms with Gasteiger partial charge in [-0.15, -0.1) is 11.3 Å². The van der Waals surface area contributed by atoms with Gasteiger partial charge in [0, 0.05) is 12.1 Å². The maximum absolute atomic E-state index is 12.1. The molecular weight excluding hydrogens is 302 g/mol. The Morgan fingerprint density at radius 3 is 2.45 bits per heavy atom. The predicted octanol–water partition coefficient (Wildman–Crippen LogP) is 1.50. The topological polar surface area (TPSA) is 96.9 Å². The predicted molar refractivity (Wildman–Crippen MR) is 80.5 cm³/mol. The number of aryl methyl sites for hydroxylation is 2. The van der Waals surface area contributed by atoms with Crippen LogP contribution in [-0.2, 0) is 0 Å². The molecule has 1 fully saturated rings. The number of nitrogens with zero attached hydrogens (tertiary/aromatic N) is 3. The van der Waals surface area contributed by atoms with Crippen LogP contribution < -0.4 is 10.9 Å². The van der Waals surface area contributed by atoms with E-state index in [-0.39, 0.29) is 5.91 Å². The number of carbonyl (C=O) groups is 2. The first-order valence-electron chi connectivity index (χ1n) is 6.90. The molecule has 22 heavy (non-hydrogen) atoms. The van der Waals surface area contributed by atoms with Gasteiger partial charge in [0.25, 0.3) is 11.8 Å². The molecule has 0 spiro atoms. The maximum atomic E-state index is 12.1. The molecule has 2 amide bonds. The molecule has 7 nitrogen and oxygen atoms in total. The molecule has 3 rings (SSSR count). The summed E-state index contributed by atoms with van der Waals surface area (Å²) in [7, 11) is 0. The van der Waals surface area contributed by atoms with E-state index in [9.17, 15) is 9.59 Å². The van der Waals surface area contributed by atoms with Crippen molar-refractivity contribution in [2.75, 3.05) is 0 Å². The van der Waals surface area contributed by atoms with Crippen molar-refractivity contribution in [3.8, 4) is 0 Å². The molecular formula is C14H15N5O2S. The molecule has 2 heterocycles. The van der Waals surface area contributed by atoms with E-state index in [2.05, 4.69) is 25.8 Å². The van der Waals surface area contributed by atoms with E-state index in [1.54, 1.807) is 19.4 Å². The molecule has 8 heteroatoms. The largest absolute Gasteiger partial charge is 0.281 e. The monoisotopic (exact) mass is 317 g/mol. The highest BCUT2D eigenvalue weighted by Crippen LogP contribution is 2.37. The summed E-state index contributed by atoms with van der Waals surface area (Å²) < 4.78 is 0. The first kappa shape index (κ1) is 14.6. The van der Waals surface area contributed by atoms with E-state index in [4.69, 9.17) is 0 Å². The highest BCUT2D eigenvalue weighted by molar-refractivity contribution is 7.11. The van der Waals surface area contributed by atoms with Crippen molar-refractivity contribution in [2.24, 2.45) is 0 Å². The molecule has 0 bridgehead atoms. The van der Waals surface area contributed by atoms with Gasteiger partial charge in [-0.05, 0) is 26.7 Å². The number of amides is 2. The van der Waals surface area contributed by atoms with Crippen molar-refractivity contribution in [3.05, 3.63) is 39.4 Å². The Kier molecular flexibility index (Phi) is 3.84. The molecule has 114 valence electrons. The van der Waals surface area contributed by atoms with Crippen LogP contribution in [0.25, 0.3) is 0 Å². The maximum Gasteiger partial charge on any atom is 0.281 e. The number of hydrogen-bond acceptors (Lipinski definition) is 6. The second-order valence-electron chi connectivity index (χ2n) is 5.18. The third kappa shape index (κ3) is 2.96. The summed E-state index contributed by atoms with van der Waals surface area (Å²) in [6.45, 7) is 3.50. The molecule has 1 aliphatic rings. The van der Waals surface area contributed by atoms with Crippen molar-refractivity contribution in [2.45, 2.75) is 32.6 Å². The molecule has 0 aliphatic heterocycles. The van der Waals surface area contributed by atoms with Gasteiger partial charge in [-0.2, -0.15) is 0 Å². The minimum Gasteiger partial charge on any atom is -0.267 e. The lowest BCUT2D eigenvalue weighted by molar-refractivity contribution is 0.0847. The standard InChI is InChI=1S/C14H15N5O2S/c1-7-10(5-15-12(17-7)9-3-4-9)13(20)18-19-14(21)11-8(2)16-6-22-11/h5-6,9H,3-4H2,1-2H3,(H,18,20)(H,19,21). The van der Waals surface area contributed by atoms with E-state index in [1.807, 2.05) is 0 Å². The molecule has 1 aliphatic carbocycles. The summed E-state index contributed by atoms with van der Waals surface area (Å²) >= 11 is 1.22. The Balaban J connectivity index is 1.64. The van der Waals surface area contributed by atoms with E-state index >= 15 is 0 Å². The summed E-state index contributed by atoms with van der Waals surface area (Å²) in [6, 6.07) is 0. The lowest BCUT2D eigenvalue weighted by Crippen LogP contribution is -2.42. The number of hydrazine groups is 1. The van der Waals surface area contributed by atoms with Gasteiger partial charge in [-0.3, -0.25) is 20.4 Å². The SMILES string of the molecule is Cc1nc(C2CC2)ncc1C(=O)NNC(=O)c1scnc1C. The van der Waals surface area contributed by atoms with Crippen LogP contribution in [0.1, 0.15) is 56.0 Å². The number of carbonyl (C=O) groups excluding carboxylic acids is 2. The molecule has 0 aromatic carbocycles. The first-order valence-corrected chi connectivity index (χ1v) is 7.78. The van der Waals surface area contributed by atoms with Gasteiger partial charge >= 0.3 is 0 Å². The number of nitrogens with one attached hydrogen (secondary N) is 2. The lowest BCUT2D eigenvalue weighted by atomic mass is 10.2. The average Bonchev–Trinajstić information content (AvgIpc) is 3.26. The number of hydrogen-bond donors (Lipinski definition) is 2. The van der Waals surface area contributed by atoms with Gasteiger partial charge in [0.15, 0.2) is 0 Å². The van der Waals surface area contributed by atoms with Gasteiger partial charge in [0.1, 0.15) is 10.7 Å². The third-order valence-corrected chi connectivity index (χ3v) is 4.35. The van der Waals surface area contributed by atoms with Gasteiger partial charge in [0.2, 0.25) is 0 Å². The lowest BCUT2D eigenvalue weighted by Gasteiger charge is -2.08. The van der Waals surface area contributed by atoms with Crippen molar-refractivity contribution < 1.29 is 9.59 Å². The minimum atomic E-state index is -0.435. The van der Waals surface area contributed by atoms with Crippen LogP contribution in [0.15, 0.2) is 11.7 Å². The Hall–Kier alpha value is -2.35. The second kappa shape index (κ2) is 5.80. The van der Waals surface area contributed by atoms with Crippen molar-refractivity contribution in [1.82, 2.24) is 25.8 Å². The Morgan fingerprint density at radius 1 is 1.14 bits per heavy atom. The highest BCUT2D eigenvalue weighted by Gasteiger charge is 2.27. The van der Waals surface area contributed by atoms with Gasteiger partial charge in [-0.1, -0.05) is 0 Å². The fraction of sp³-hybridized carbons (Fsp3) is 0.357. The number of rotatable bonds is 3. The second-order valence-corrected chi connectivity index (χ2v) is 6.03. The van der Waals surface area contributed by atoms with E-state index in [0.717, 1.165) is 18.7 Å². The van der Waals surface area contributed by atoms with Crippen LogP contribution in [-0.4, -0.2) is 26.8 Å². The fourth-order valence-corrected chi connectivity index (χ4v) is 2.70. The summed E-state index contributed by atoms with van der Waals surface area (Å²) in [5.41, 5.74) is 7.93. The molecule has 0 unspecified atom stereocenters. The molecule has 0 radical (unpaired) electrons. The quantitative estimate of drug-likeness (QED) is 0.836. The van der Waals surface area contributed by atoms with Crippen LogP contribution in [0.2, 0.25) is 0 Å². The van der Waals surface area contributed by atoms with E-state index < -0.39 is 5.91 Å². The summed E-state index contributed by atoms with van der Waals surface area (Å²) in [4.78, 5) is 37.1. The van der Waals surface area contributed by atoms with Crippen molar-refractivity contribution in [1.29, 1.82) is 0 Å². The van der Waals surface area contributed by atoms with Crippen molar-refractivity contribution in [3.63, 3.8) is 0 Å². The van der Waals surface area contributed by atoms with Crippen LogP contribution in [0.4, 0.5) is 0 Å². The Labute approximate surface area is 131 Å². The molecule has 0 atom stereocenters. The third-order valence-electron chi connectivity index (χ3n) is 3.43. The number of aromatic nitrogens is 3.